The molecule has 1 aliphatic heterocycles. The maximum absolute atomic E-state index is 11.7. The number of carbonyl (C=O) groups excluding carboxylic acids is 2. The van der Waals surface area contributed by atoms with Gasteiger partial charge in [-0.1, -0.05) is 30.8 Å². The smallest absolute Gasteiger partial charge is 0.321 e. The van der Waals surface area contributed by atoms with E-state index >= 15 is 0 Å². The van der Waals surface area contributed by atoms with Crippen LogP contribution in [0.4, 0.5) is 4.79 Å². The van der Waals surface area contributed by atoms with Gasteiger partial charge in [-0.3, -0.25) is 14.7 Å². The minimum absolute atomic E-state index is 0.239. The van der Waals surface area contributed by atoms with Gasteiger partial charge >= 0.3 is 6.03 Å². The average Bonchev–Trinajstić information content (AvgIpc) is 2.96. The third kappa shape index (κ3) is 4.07. The van der Waals surface area contributed by atoms with Crippen LogP contribution in [0.1, 0.15) is 36.7 Å². The molecule has 2 heterocycles. The van der Waals surface area contributed by atoms with Crippen LogP contribution in [-0.4, -0.2) is 38.5 Å². The maximum Gasteiger partial charge on any atom is 0.321 e. The molecule has 0 bridgehead atoms. The number of urea groups is 1. The second kappa shape index (κ2) is 7.90. The molecule has 0 spiro atoms. The molecule has 1 fully saturated rings. The van der Waals surface area contributed by atoms with Gasteiger partial charge in [-0.2, -0.15) is 0 Å². The molecule has 3 amide bonds. The van der Waals surface area contributed by atoms with Gasteiger partial charge in [0.15, 0.2) is 5.16 Å². The van der Waals surface area contributed by atoms with Crippen LogP contribution in [0, 0.1) is 13.8 Å². The highest BCUT2D eigenvalue weighted by Crippen LogP contribution is 2.26. The van der Waals surface area contributed by atoms with E-state index < -0.39 is 6.03 Å². The summed E-state index contributed by atoms with van der Waals surface area (Å²) >= 11 is 1.66. The first-order valence-corrected chi connectivity index (χ1v) is 9.71. The Morgan fingerprint density at radius 1 is 1.27 bits per heavy atom. The van der Waals surface area contributed by atoms with E-state index in [0.29, 0.717) is 6.42 Å². The lowest BCUT2D eigenvalue weighted by Crippen LogP contribution is -2.53. The molecule has 1 aromatic heterocycles. The molecule has 3 rings (SSSR count). The van der Waals surface area contributed by atoms with E-state index in [1.165, 1.54) is 0 Å². The Morgan fingerprint density at radius 3 is 2.81 bits per heavy atom. The summed E-state index contributed by atoms with van der Waals surface area (Å²) in [5, 5.41) is 14.6. The molecule has 0 aliphatic carbocycles. The van der Waals surface area contributed by atoms with Gasteiger partial charge in [0.25, 0.3) is 0 Å². The monoisotopic (exact) mass is 373 g/mol. The lowest BCUT2D eigenvalue weighted by molar-refractivity contribution is -0.121. The van der Waals surface area contributed by atoms with Gasteiger partial charge in [0, 0.05) is 24.6 Å². The summed E-state index contributed by atoms with van der Waals surface area (Å²) in [6.45, 7) is 6.24. The van der Waals surface area contributed by atoms with Crippen molar-refractivity contribution in [3.05, 3.63) is 35.2 Å². The van der Waals surface area contributed by atoms with Crippen molar-refractivity contribution in [2.75, 3.05) is 5.75 Å². The Balaban J connectivity index is 1.97. The van der Waals surface area contributed by atoms with Crippen LogP contribution in [-0.2, 0) is 11.2 Å². The number of amides is 3. The van der Waals surface area contributed by atoms with Crippen molar-refractivity contribution in [1.82, 2.24) is 25.4 Å². The van der Waals surface area contributed by atoms with Crippen LogP contribution in [0.25, 0.3) is 5.69 Å². The Labute approximate surface area is 157 Å². The molecule has 1 aromatic carbocycles. The summed E-state index contributed by atoms with van der Waals surface area (Å²) in [5.41, 5.74) is 3.32. The molecule has 1 saturated heterocycles. The molecular formula is C18H23N5O2S. The third-order valence-electron chi connectivity index (χ3n) is 4.19. The first-order valence-electron chi connectivity index (χ1n) is 8.73. The standard InChI is InChI=1S/C18H23N5O2S/c1-4-7-26-18-22-21-15(9-13-10-16(24)20-17(25)19-13)23(18)14-8-11(2)5-6-12(14)3/h5-6,8,13H,4,7,9-10H2,1-3H3,(H2,19,20,24,25). The second-order valence-electron chi connectivity index (χ2n) is 6.50. The van der Waals surface area contributed by atoms with Crippen molar-refractivity contribution in [2.45, 2.75) is 51.2 Å². The molecule has 1 aliphatic rings. The summed E-state index contributed by atoms with van der Waals surface area (Å²) in [6, 6.07) is 5.54. The number of rotatable bonds is 6. The largest absolute Gasteiger partial charge is 0.334 e. The van der Waals surface area contributed by atoms with Crippen molar-refractivity contribution in [3.8, 4) is 5.69 Å². The molecular weight excluding hydrogens is 350 g/mol. The highest BCUT2D eigenvalue weighted by atomic mass is 32.2. The number of benzene rings is 1. The van der Waals surface area contributed by atoms with Crippen LogP contribution in [0.2, 0.25) is 0 Å². The molecule has 2 aromatic rings. The van der Waals surface area contributed by atoms with Crippen LogP contribution in [0.15, 0.2) is 23.4 Å². The maximum atomic E-state index is 11.7. The Morgan fingerprint density at radius 2 is 2.08 bits per heavy atom. The van der Waals surface area contributed by atoms with Crippen molar-refractivity contribution in [1.29, 1.82) is 0 Å². The summed E-state index contributed by atoms with van der Waals surface area (Å²) in [7, 11) is 0. The van der Waals surface area contributed by atoms with Crippen LogP contribution >= 0.6 is 11.8 Å². The fraction of sp³-hybridized carbons (Fsp3) is 0.444. The van der Waals surface area contributed by atoms with Gasteiger partial charge < -0.3 is 5.32 Å². The summed E-state index contributed by atoms with van der Waals surface area (Å²) in [5.74, 6) is 1.43. The minimum atomic E-state index is -0.454. The molecule has 0 saturated carbocycles. The molecule has 7 nitrogen and oxygen atoms in total. The lowest BCUT2D eigenvalue weighted by atomic mass is 10.1. The third-order valence-corrected chi connectivity index (χ3v) is 5.32. The summed E-state index contributed by atoms with van der Waals surface area (Å²) in [4.78, 5) is 23.2. The Bertz CT molecular complexity index is 817. The molecule has 8 heteroatoms. The first-order chi connectivity index (χ1) is 12.5. The average molecular weight is 373 g/mol. The summed E-state index contributed by atoms with van der Waals surface area (Å²) < 4.78 is 2.06. The molecule has 0 radical (unpaired) electrons. The predicted octanol–water partition coefficient (Wildman–Crippen LogP) is 2.53. The Kier molecular flexibility index (Phi) is 5.61. The highest BCUT2D eigenvalue weighted by Gasteiger charge is 2.27. The van der Waals surface area contributed by atoms with Gasteiger partial charge in [0.2, 0.25) is 5.91 Å². The number of hydrogen-bond acceptors (Lipinski definition) is 5. The highest BCUT2D eigenvalue weighted by molar-refractivity contribution is 7.99. The van der Waals surface area contributed by atoms with Crippen molar-refractivity contribution in [2.24, 2.45) is 0 Å². The normalized spacial score (nSPS) is 17.1. The quantitative estimate of drug-likeness (QED) is 0.760. The van der Waals surface area contributed by atoms with Gasteiger partial charge in [0.1, 0.15) is 5.82 Å². The zero-order valence-electron chi connectivity index (χ0n) is 15.2. The number of carbonyl (C=O) groups is 2. The molecule has 2 N–H and O–H groups in total. The van der Waals surface area contributed by atoms with E-state index in [2.05, 4.69) is 64.4 Å². The molecule has 1 atom stereocenters. The second-order valence-corrected chi connectivity index (χ2v) is 7.56. The lowest BCUT2D eigenvalue weighted by Gasteiger charge is -2.23. The van der Waals surface area contributed by atoms with Crippen molar-refractivity contribution in [3.63, 3.8) is 0 Å². The van der Waals surface area contributed by atoms with Crippen molar-refractivity contribution < 1.29 is 9.59 Å². The van der Waals surface area contributed by atoms with Crippen molar-refractivity contribution >= 4 is 23.7 Å². The van der Waals surface area contributed by atoms with Crippen LogP contribution in [0.3, 0.4) is 0 Å². The number of nitrogens with zero attached hydrogens (tertiary/aromatic N) is 3. The molecule has 138 valence electrons. The topological polar surface area (TPSA) is 88.9 Å². The molecule has 1 unspecified atom stereocenters. The number of nitrogens with one attached hydrogen (secondary N) is 2. The first kappa shape index (κ1) is 18.4. The van der Waals surface area contributed by atoms with E-state index in [1.807, 2.05) is 0 Å². The van der Waals surface area contributed by atoms with E-state index in [9.17, 15) is 9.59 Å². The van der Waals surface area contributed by atoms with E-state index in [-0.39, 0.29) is 18.4 Å². The van der Waals surface area contributed by atoms with Gasteiger partial charge in [-0.15, -0.1) is 10.2 Å². The Hall–Kier alpha value is -2.35. The zero-order chi connectivity index (χ0) is 18.7. The van der Waals surface area contributed by atoms with E-state index in [0.717, 1.165) is 40.0 Å². The number of aromatic nitrogens is 3. The molecule has 26 heavy (non-hydrogen) atoms. The SMILES string of the molecule is CCCSc1nnc(CC2CC(=O)NC(=O)N2)n1-c1cc(C)ccc1C. The number of hydrogen-bond donors (Lipinski definition) is 2. The van der Waals surface area contributed by atoms with Crippen LogP contribution in [0.5, 0.6) is 0 Å². The fourth-order valence-electron chi connectivity index (χ4n) is 2.94. The predicted molar refractivity (Wildman–Crippen MR) is 101 cm³/mol. The fourth-order valence-corrected chi connectivity index (χ4v) is 3.76. The number of thioether (sulfide) groups is 1. The summed E-state index contributed by atoms with van der Waals surface area (Å²) in [6.07, 6.45) is 1.73. The van der Waals surface area contributed by atoms with Crippen LogP contribution < -0.4 is 10.6 Å². The van der Waals surface area contributed by atoms with E-state index in [1.54, 1.807) is 11.8 Å². The number of aryl methyl sites for hydroxylation is 2. The number of imide groups is 1. The minimum Gasteiger partial charge on any atom is -0.334 e. The zero-order valence-corrected chi connectivity index (χ0v) is 16.0. The van der Waals surface area contributed by atoms with Gasteiger partial charge in [-0.05, 0) is 37.5 Å². The van der Waals surface area contributed by atoms with E-state index in [4.69, 9.17) is 0 Å². The van der Waals surface area contributed by atoms with Gasteiger partial charge in [0.05, 0.1) is 5.69 Å². The van der Waals surface area contributed by atoms with Gasteiger partial charge in [-0.25, -0.2) is 4.79 Å².